The van der Waals surface area contributed by atoms with Crippen LogP contribution >= 0.6 is 11.6 Å². The lowest BCUT2D eigenvalue weighted by molar-refractivity contribution is 0.579. The third-order valence-electron chi connectivity index (χ3n) is 3.31. The van der Waals surface area contributed by atoms with E-state index >= 15 is 0 Å². The van der Waals surface area contributed by atoms with Crippen molar-refractivity contribution in [2.45, 2.75) is 36.7 Å². The third kappa shape index (κ3) is 2.75. The van der Waals surface area contributed by atoms with E-state index in [0.29, 0.717) is 16.3 Å². The Bertz CT molecular complexity index is 487. The fourth-order valence-corrected chi connectivity index (χ4v) is 4.63. The van der Waals surface area contributed by atoms with Crippen LogP contribution in [0.15, 0.2) is 18.2 Å². The van der Waals surface area contributed by atoms with Gasteiger partial charge in [-0.1, -0.05) is 30.5 Å². The average molecular weight is 274 g/mol. The lowest BCUT2D eigenvalue weighted by Gasteiger charge is -2.13. The number of halogens is 1. The molecular weight excluding hydrogens is 258 g/mol. The largest absolute Gasteiger partial charge is 0.398 e. The second kappa shape index (κ2) is 4.86. The van der Waals surface area contributed by atoms with E-state index in [1.54, 1.807) is 18.2 Å². The maximum atomic E-state index is 12.2. The molecule has 0 radical (unpaired) electrons. The Morgan fingerprint density at radius 2 is 1.94 bits per heavy atom. The van der Waals surface area contributed by atoms with Gasteiger partial charge in [-0.3, -0.25) is 0 Å². The van der Waals surface area contributed by atoms with Crippen LogP contribution in [0.4, 0.5) is 5.69 Å². The van der Waals surface area contributed by atoms with Crippen LogP contribution < -0.4 is 5.73 Å². The second-order valence-corrected chi connectivity index (χ2v) is 7.21. The molecule has 5 heteroatoms. The fraction of sp³-hybridized carbons (Fsp3) is 0.500. The van der Waals surface area contributed by atoms with Crippen LogP contribution in [0, 0.1) is 0 Å². The van der Waals surface area contributed by atoms with Gasteiger partial charge in [-0.15, -0.1) is 0 Å². The predicted octanol–water partition coefficient (Wildman–Crippen LogP) is 2.78. The Morgan fingerprint density at radius 3 is 2.53 bits per heavy atom. The Morgan fingerprint density at radius 1 is 1.29 bits per heavy atom. The van der Waals surface area contributed by atoms with Crippen LogP contribution in [0.2, 0.25) is 5.02 Å². The van der Waals surface area contributed by atoms with Gasteiger partial charge < -0.3 is 5.73 Å². The Labute approximate surface area is 107 Å². The van der Waals surface area contributed by atoms with E-state index in [-0.39, 0.29) is 11.0 Å². The molecule has 0 unspecified atom stereocenters. The summed E-state index contributed by atoms with van der Waals surface area (Å²) in [6, 6.07) is 5.09. The van der Waals surface area contributed by atoms with Gasteiger partial charge in [0.1, 0.15) is 0 Å². The van der Waals surface area contributed by atoms with Crippen LogP contribution in [0.1, 0.15) is 31.2 Å². The zero-order valence-corrected chi connectivity index (χ0v) is 11.1. The molecule has 94 valence electrons. The van der Waals surface area contributed by atoms with Crippen molar-refractivity contribution in [1.29, 1.82) is 0 Å². The van der Waals surface area contributed by atoms with E-state index in [2.05, 4.69) is 0 Å². The number of nitrogen functional groups attached to an aromatic ring is 1. The van der Waals surface area contributed by atoms with Crippen molar-refractivity contribution >= 4 is 27.1 Å². The minimum Gasteiger partial charge on any atom is -0.398 e. The molecule has 0 spiro atoms. The highest BCUT2D eigenvalue weighted by atomic mass is 35.5. The van der Waals surface area contributed by atoms with E-state index in [9.17, 15) is 8.42 Å². The summed E-state index contributed by atoms with van der Waals surface area (Å²) in [6.07, 6.45) is 3.54. The molecule has 0 bridgehead atoms. The first kappa shape index (κ1) is 12.7. The SMILES string of the molecule is Nc1cccc(Cl)c1CS(=O)(=O)C1CCCC1. The van der Waals surface area contributed by atoms with Gasteiger partial charge in [0, 0.05) is 16.3 Å². The molecule has 0 aromatic heterocycles. The lowest BCUT2D eigenvalue weighted by atomic mass is 10.2. The first-order chi connectivity index (χ1) is 8.00. The number of nitrogens with two attached hydrogens (primary N) is 1. The zero-order valence-electron chi connectivity index (χ0n) is 9.52. The van der Waals surface area contributed by atoms with E-state index < -0.39 is 9.84 Å². The Hall–Kier alpha value is -0.740. The van der Waals surface area contributed by atoms with Crippen molar-refractivity contribution in [2.75, 3.05) is 5.73 Å². The van der Waals surface area contributed by atoms with Crippen molar-refractivity contribution in [3.05, 3.63) is 28.8 Å². The van der Waals surface area contributed by atoms with Gasteiger partial charge in [-0.05, 0) is 25.0 Å². The van der Waals surface area contributed by atoms with Crippen LogP contribution in [-0.2, 0) is 15.6 Å². The molecule has 2 N–H and O–H groups in total. The summed E-state index contributed by atoms with van der Waals surface area (Å²) >= 11 is 6.00. The number of benzene rings is 1. The summed E-state index contributed by atoms with van der Waals surface area (Å²) < 4.78 is 24.4. The quantitative estimate of drug-likeness (QED) is 0.862. The summed E-state index contributed by atoms with van der Waals surface area (Å²) in [5, 5.41) is 0.227. The number of anilines is 1. The highest BCUT2D eigenvalue weighted by Gasteiger charge is 2.29. The van der Waals surface area contributed by atoms with Crippen molar-refractivity contribution in [3.8, 4) is 0 Å². The van der Waals surface area contributed by atoms with Crippen LogP contribution in [-0.4, -0.2) is 13.7 Å². The molecule has 1 aromatic rings. The van der Waals surface area contributed by atoms with Gasteiger partial charge in [0.25, 0.3) is 0 Å². The zero-order chi connectivity index (χ0) is 12.5. The number of hydrogen-bond donors (Lipinski definition) is 1. The van der Waals surface area contributed by atoms with E-state index in [0.717, 1.165) is 25.7 Å². The van der Waals surface area contributed by atoms with Gasteiger partial charge in [0.2, 0.25) is 0 Å². The summed E-state index contributed by atoms with van der Waals surface area (Å²) in [5.74, 6) is -0.0385. The molecule has 17 heavy (non-hydrogen) atoms. The minimum absolute atomic E-state index is 0.0385. The highest BCUT2D eigenvalue weighted by molar-refractivity contribution is 7.91. The second-order valence-electron chi connectivity index (χ2n) is 4.52. The van der Waals surface area contributed by atoms with Crippen LogP contribution in [0.5, 0.6) is 0 Å². The summed E-state index contributed by atoms with van der Waals surface area (Å²) in [7, 11) is -3.12. The monoisotopic (exact) mass is 273 g/mol. The molecular formula is C12H16ClNO2S. The van der Waals surface area contributed by atoms with E-state index in [1.807, 2.05) is 0 Å². The standard InChI is InChI=1S/C12H16ClNO2S/c13-11-6-3-7-12(14)10(11)8-17(15,16)9-4-1-2-5-9/h3,6-7,9H,1-2,4-5,8,14H2. The van der Waals surface area contributed by atoms with Crippen LogP contribution in [0.3, 0.4) is 0 Å². The molecule has 3 nitrogen and oxygen atoms in total. The molecule has 1 fully saturated rings. The molecule has 0 atom stereocenters. The van der Waals surface area contributed by atoms with Crippen molar-refractivity contribution in [1.82, 2.24) is 0 Å². The number of sulfone groups is 1. The molecule has 1 saturated carbocycles. The van der Waals surface area contributed by atoms with Gasteiger partial charge >= 0.3 is 0 Å². The van der Waals surface area contributed by atoms with E-state index in [1.165, 1.54) is 0 Å². The Balaban J connectivity index is 2.26. The third-order valence-corrected chi connectivity index (χ3v) is 5.84. The topological polar surface area (TPSA) is 60.2 Å². The maximum absolute atomic E-state index is 12.2. The summed E-state index contributed by atoms with van der Waals surface area (Å²) in [5.41, 5.74) is 6.78. The van der Waals surface area contributed by atoms with E-state index in [4.69, 9.17) is 17.3 Å². The Kier molecular flexibility index (Phi) is 3.64. The molecule has 2 rings (SSSR count). The molecule has 1 aliphatic rings. The van der Waals surface area contributed by atoms with Crippen molar-refractivity contribution in [3.63, 3.8) is 0 Å². The molecule has 0 saturated heterocycles. The number of rotatable bonds is 3. The first-order valence-electron chi connectivity index (χ1n) is 5.75. The lowest BCUT2D eigenvalue weighted by Crippen LogP contribution is -2.20. The van der Waals surface area contributed by atoms with Gasteiger partial charge in [-0.25, -0.2) is 8.42 Å². The first-order valence-corrected chi connectivity index (χ1v) is 7.84. The smallest absolute Gasteiger partial charge is 0.157 e. The minimum atomic E-state index is -3.12. The summed E-state index contributed by atoms with van der Waals surface area (Å²) in [6.45, 7) is 0. The highest BCUT2D eigenvalue weighted by Crippen LogP contribution is 2.30. The molecule has 0 amide bonds. The maximum Gasteiger partial charge on any atom is 0.157 e. The molecule has 1 aliphatic carbocycles. The van der Waals surface area contributed by atoms with Gasteiger partial charge in [-0.2, -0.15) is 0 Å². The van der Waals surface area contributed by atoms with Gasteiger partial charge in [0.05, 0.1) is 11.0 Å². The summed E-state index contributed by atoms with van der Waals surface area (Å²) in [4.78, 5) is 0. The fourth-order valence-electron chi connectivity index (χ4n) is 2.29. The average Bonchev–Trinajstić information content (AvgIpc) is 2.77. The normalized spacial score (nSPS) is 17.5. The van der Waals surface area contributed by atoms with Crippen molar-refractivity contribution in [2.24, 2.45) is 0 Å². The van der Waals surface area contributed by atoms with Crippen LogP contribution in [0.25, 0.3) is 0 Å². The predicted molar refractivity (Wildman–Crippen MR) is 70.7 cm³/mol. The molecule has 1 aromatic carbocycles. The molecule has 0 heterocycles. The number of hydrogen-bond acceptors (Lipinski definition) is 3. The van der Waals surface area contributed by atoms with Crippen molar-refractivity contribution < 1.29 is 8.42 Å². The van der Waals surface area contributed by atoms with Gasteiger partial charge in [0.15, 0.2) is 9.84 Å². The molecule has 0 aliphatic heterocycles.